The number of nitrogens with zero attached hydrogens (tertiary/aromatic N) is 1. The maximum absolute atomic E-state index is 6.14. The molecule has 0 saturated carbocycles. The molecule has 2 N–H and O–H groups in total. The van der Waals surface area contributed by atoms with Gasteiger partial charge in [-0.3, -0.25) is 4.98 Å². The molecule has 1 unspecified atom stereocenters. The molecule has 1 aromatic heterocycles. The molecule has 1 atom stereocenters. The van der Waals surface area contributed by atoms with Crippen molar-refractivity contribution in [3.05, 3.63) is 62.9 Å². The summed E-state index contributed by atoms with van der Waals surface area (Å²) in [5.41, 5.74) is 8.21. The summed E-state index contributed by atoms with van der Waals surface area (Å²) in [7, 11) is 0. The van der Waals surface area contributed by atoms with Gasteiger partial charge in [0.25, 0.3) is 0 Å². The maximum atomic E-state index is 6.14. The number of nitrogens with two attached hydrogens (primary N) is 1. The van der Waals surface area contributed by atoms with Crippen LogP contribution < -0.4 is 5.73 Å². The molecule has 2 aromatic rings. The predicted octanol–water partition coefficient (Wildman–Crippen LogP) is 4.15. The predicted molar refractivity (Wildman–Crippen MR) is 81.1 cm³/mol. The number of aromatic nitrogens is 1. The Kier molecular flexibility index (Phi) is 5.06. The van der Waals surface area contributed by atoms with E-state index < -0.39 is 0 Å². The second-order valence-electron chi connectivity index (χ2n) is 4.38. The molecule has 0 saturated heterocycles. The molecule has 0 bridgehead atoms. The van der Waals surface area contributed by atoms with Crippen molar-refractivity contribution >= 4 is 34.8 Å². The molecule has 0 aliphatic heterocycles. The van der Waals surface area contributed by atoms with Gasteiger partial charge in [0.1, 0.15) is 0 Å². The second-order valence-corrected chi connectivity index (χ2v) is 5.61. The largest absolute Gasteiger partial charge is 0.327 e. The van der Waals surface area contributed by atoms with Crippen molar-refractivity contribution in [2.45, 2.75) is 18.9 Å². The van der Waals surface area contributed by atoms with Crippen molar-refractivity contribution in [2.75, 3.05) is 0 Å². The van der Waals surface area contributed by atoms with Gasteiger partial charge in [-0.2, -0.15) is 0 Å². The summed E-state index contributed by atoms with van der Waals surface area (Å²) in [5, 5.41) is 1.75. The minimum absolute atomic E-state index is 0.0304. The van der Waals surface area contributed by atoms with Crippen LogP contribution in [0.15, 0.2) is 36.7 Å². The van der Waals surface area contributed by atoms with Gasteiger partial charge in [-0.15, -0.1) is 0 Å². The first kappa shape index (κ1) is 14.6. The summed E-state index contributed by atoms with van der Waals surface area (Å²) < 4.78 is 0. The van der Waals surface area contributed by atoms with Crippen molar-refractivity contribution in [3.63, 3.8) is 0 Å². The molecule has 0 spiro atoms. The summed E-state index contributed by atoms with van der Waals surface area (Å²) in [6, 6.07) is 7.42. The van der Waals surface area contributed by atoms with E-state index in [-0.39, 0.29) is 6.04 Å². The molecule has 19 heavy (non-hydrogen) atoms. The smallest absolute Gasteiger partial charge is 0.0621 e. The lowest BCUT2D eigenvalue weighted by molar-refractivity contribution is 0.664. The minimum atomic E-state index is -0.0304. The van der Waals surface area contributed by atoms with E-state index in [4.69, 9.17) is 40.5 Å². The average Bonchev–Trinajstić information content (AvgIpc) is 2.37. The summed E-state index contributed by atoms with van der Waals surface area (Å²) in [6.45, 7) is 0. The molecule has 100 valence electrons. The van der Waals surface area contributed by atoms with Gasteiger partial charge in [0.2, 0.25) is 0 Å². The molecule has 5 heteroatoms. The van der Waals surface area contributed by atoms with Crippen LogP contribution in [0.3, 0.4) is 0 Å². The Balaban J connectivity index is 2.03. The number of rotatable bonds is 4. The molecule has 2 rings (SSSR count). The lowest BCUT2D eigenvalue weighted by atomic mass is 10.0. The summed E-state index contributed by atoms with van der Waals surface area (Å²) in [5.74, 6) is 0. The van der Waals surface area contributed by atoms with Crippen molar-refractivity contribution in [3.8, 4) is 0 Å². The SMILES string of the molecule is NC(Cc1ccc(Cl)c(Cl)c1)Cc1ccncc1Cl. The van der Waals surface area contributed by atoms with Crippen molar-refractivity contribution < 1.29 is 0 Å². The first-order valence-corrected chi connectivity index (χ1v) is 6.97. The number of hydrogen-bond donors (Lipinski definition) is 1. The lowest BCUT2D eigenvalue weighted by Gasteiger charge is -2.13. The van der Waals surface area contributed by atoms with Crippen molar-refractivity contribution in [1.82, 2.24) is 4.98 Å². The fraction of sp³-hybridized carbons (Fsp3) is 0.214. The van der Waals surface area contributed by atoms with Crippen molar-refractivity contribution in [1.29, 1.82) is 0 Å². The molecule has 0 amide bonds. The average molecular weight is 316 g/mol. The third-order valence-corrected chi connectivity index (χ3v) is 3.90. The van der Waals surface area contributed by atoms with Gasteiger partial charge in [-0.05, 0) is 42.2 Å². The topological polar surface area (TPSA) is 38.9 Å². The van der Waals surface area contributed by atoms with Gasteiger partial charge in [-0.1, -0.05) is 40.9 Å². The number of benzene rings is 1. The number of hydrogen-bond acceptors (Lipinski definition) is 2. The lowest BCUT2D eigenvalue weighted by Crippen LogP contribution is -2.25. The Morgan fingerprint density at radius 3 is 2.47 bits per heavy atom. The van der Waals surface area contributed by atoms with Crippen LogP contribution >= 0.6 is 34.8 Å². The minimum Gasteiger partial charge on any atom is -0.327 e. The monoisotopic (exact) mass is 314 g/mol. The van der Waals surface area contributed by atoms with E-state index in [0.717, 1.165) is 17.5 Å². The normalized spacial score (nSPS) is 12.4. The number of halogens is 3. The van der Waals surface area contributed by atoms with Gasteiger partial charge >= 0.3 is 0 Å². The summed E-state index contributed by atoms with van der Waals surface area (Å²) >= 11 is 17.9. The fourth-order valence-electron chi connectivity index (χ4n) is 1.89. The Bertz CT molecular complexity index is 572. The third kappa shape index (κ3) is 4.08. The van der Waals surface area contributed by atoms with Crippen LogP contribution in [0.25, 0.3) is 0 Å². The second kappa shape index (κ2) is 6.58. The standard InChI is InChI=1S/C14H13Cl3N2/c15-12-2-1-9(6-13(12)16)5-11(18)7-10-3-4-19-8-14(10)17/h1-4,6,8,11H,5,7,18H2. The highest BCUT2D eigenvalue weighted by atomic mass is 35.5. The number of pyridine rings is 1. The van der Waals surface area contributed by atoms with Crippen LogP contribution in [0.5, 0.6) is 0 Å². The quantitative estimate of drug-likeness (QED) is 0.920. The first-order chi connectivity index (χ1) is 9.06. The van der Waals surface area contributed by atoms with E-state index in [2.05, 4.69) is 4.98 Å². The molecular formula is C14H13Cl3N2. The highest BCUT2D eigenvalue weighted by Crippen LogP contribution is 2.23. The van der Waals surface area contributed by atoms with Crippen LogP contribution in [0, 0.1) is 0 Å². The van der Waals surface area contributed by atoms with E-state index in [1.54, 1.807) is 18.5 Å². The van der Waals surface area contributed by atoms with Crippen LogP contribution in [0.2, 0.25) is 15.1 Å². The third-order valence-electron chi connectivity index (χ3n) is 2.82. The van der Waals surface area contributed by atoms with Crippen LogP contribution in [0.4, 0.5) is 0 Å². The molecule has 0 fully saturated rings. The highest BCUT2D eigenvalue weighted by molar-refractivity contribution is 6.42. The van der Waals surface area contributed by atoms with Gasteiger partial charge in [0.05, 0.1) is 15.1 Å². The van der Waals surface area contributed by atoms with E-state index in [1.807, 2.05) is 18.2 Å². The van der Waals surface area contributed by atoms with Gasteiger partial charge < -0.3 is 5.73 Å². The molecule has 1 heterocycles. The van der Waals surface area contributed by atoms with E-state index >= 15 is 0 Å². The van der Waals surface area contributed by atoms with Crippen LogP contribution in [0.1, 0.15) is 11.1 Å². The molecule has 0 aliphatic carbocycles. The Hall–Kier alpha value is -0.800. The fourth-order valence-corrected chi connectivity index (χ4v) is 2.41. The van der Waals surface area contributed by atoms with Gasteiger partial charge in [0, 0.05) is 18.4 Å². The molecular weight excluding hydrogens is 303 g/mol. The molecule has 2 nitrogen and oxygen atoms in total. The van der Waals surface area contributed by atoms with Gasteiger partial charge in [-0.25, -0.2) is 0 Å². The van der Waals surface area contributed by atoms with Crippen LogP contribution in [-0.2, 0) is 12.8 Å². The van der Waals surface area contributed by atoms with Crippen LogP contribution in [-0.4, -0.2) is 11.0 Å². The summed E-state index contributed by atoms with van der Waals surface area (Å²) in [4.78, 5) is 3.95. The Morgan fingerprint density at radius 2 is 1.79 bits per heavy atom. The van der Waals surface area contributed by atoms with Crippen molar-refractivity contribution in [2.24, 2.45) is 5.73 Å². The zero-order valence-electron chi connectivity index (χ0n) is 10.1. The van der Waals surface area contributed by atoms with Gasteiger partial charge in [0.15, 0.2) is 0 Å². The zero-order chi connectivity index (χ0) is 13.8. The molecule has 0 radical (unpaired) electrons. The molecule has 1 aromatic carbocycles. The highest BCUT2D eigenvalue weighted by Gasteiger charge is 2.09. The first-order valence-electron chi connectivity index (χ1n) is 5.84. The molecule has 0 aliphatic rings. The zero-order valence-corrected chi connectivity index (χ0v) is 12.4. The maximum Gasteiger partial charge on any atom is 0.0621 e. The Labute approximate surface area is 127 Å². The van der Waals surface area contributed by atoms with E-state index in [9.17, 15) is 0 Å². The summed E-state index contributed by atoms with van der Waals surface area (Å²) in [6.07, 6.45) is 4.76. The van der Waals surface area contributed by atoms with E-state index in [1.165, 1.54) is 0 Å². The Morgan fingerprint density at radius 1 is 1.00 bits per heavy atom. The van der Waals surface area contributed by atoms with E-state index in [0.29, 0.717) is 21.5 Å².